The molecule has 0 atom stereocenters. The van der Waals surface area contributed by atoms with E-state index in [0.717, 1.165) is 66.0 Å². The van der Waals surface area contributed by atoms with Crippen LogP contribution in [0.15, 0.2) is 291 Å². The van der Waals surface area contributed by atoms with E-state index in [0.29, 0.717) is 57.0 Å². The summed E-state index contributed by atoms with van der Waals surface area (Å²) in [6.07, 6.45) is 1.76. The number of anilines is 4. The molecule has 4 heterocycles. The summed E-state index contributed by atoms with van der Waals surface area (Å²) in [7, 11) is 0. The largest absolute Gasteiger partial charge is 0.509 e. The van der Waals surface area contributed by atoms with Gasteiger partial charge in [0.1, 0.15) is 17.3 Å². The summed E-state index contributed by atoms with van der Waals surface area (Å²) in [5.41, 5.74) is 10.5. The standard InChI is InChI=1S/C82H58N5O2.Pt/c1-82(2,3)59-47-69(55-25-8-4-9-26-55)80(70(48-59)56-27-10-5-11-28-56)85-54-84(76-41-22-23-42-77(76)85)60-33-24-34-62(49-60)88-63-43-44-68-67-37-18-21-40-75(67)87(78(68)52-63)79-53-64(45-46-83-79)89-81-71(57-29-12-6-13-30-57)50-61(51-72(81)58-31-14-7-15-32-58)86-73-38-19-16-35-65(73)66-36-17-20-39-74(66)86;/h4-48,50-51,53-54H,1-3H3;/q-3;/i4D,5D,8D,9D,10D,11D,25D,26D,27D,28D;. The van der Waals surface area contributed by atoms with Gasteiger partial charge in [-0.25, -0.2) is 4.98 Å². The fraction of sp³-hybridized carbons (Fsp3) is 0.0488. The maximum atomic E-state index is 9.35. The average molecular weight is 1350 g/mol. The van der Waals surface area contributed by atoms with Crippen LogP contribution in [-0.2, 0) is 26.5 Å². The number of pyridine rings is 1. The first-order valence-corrected chi connectivity index (χ1v) is 29.3. The number of hydrogen-bond acceptors (Lipinski definition) is 5. The van der Waals surface area contributed by atoms with Crippen molar-refractivity contribution in [3.63, 3.8) is 0 Å². The van der Waals surface area contributed by atoms with E-state index in [1.54, 1.807) is 36.0 Å². The number of nitrogens with zero attached hydrogens (tertiary/aromatic N) is 5. The van der Waals surface area contributed by atoms with E-state index in [9.17, 15) is 5.48 Å². The second-order valence-electron chi connectivity index (χ2n) is 22.9. The van der Waals surface area contributed by atoms with Crippen molar-refractivity contribution in [1.82, 2.24) is 14.1 Å². The van der Waals surface area contributed by atoms with Crippen molar-refractivity contribution in [2.75, 3.05) is 9.80 Å². The van der Waals surface area contributed by atoms with Crippen LogP contribution in [0.5, 0.6) is 23.0 Å². The van der Waals surface area contributed by atoms with Gasteiger partial charge in [-0.3, -0.25) is 0 Å². The predicted molar refractivity (Wildman–Crippen MR) is 366 cm³/mol. The molecule has 0 fully saturated rings. The Morgan fingerprint density at radius 2 is 0.967 bits per heavy atom. The molecular weight excluding hydrogens is 1280 g/mol. The van der Waals surface area contributed by atoms with E-state index in [1.807, 2.05) is 135 Å². The monoisotopic (exact) mass is 1350 g/mol. The van der Waals surface area contributed by atoms with Crippen LogP contribution in [0.2, 0.25) is 0 Å². The molecule has 0 radical (unpaired) electrons. The van der Waals surface area contributed by atoms with Crippen LogP contribution in [0.25, 0.3) is 99.6 Å². The summed E-state index contributed by atoms with van der Waals surface area (Å²) in [5, 5.41) is 4.21. The third kappa shape index (κ3) is 9.98. The third-order valence-corrected chi connectivity index (χ3v) is 16.4. The minimum atomic E-state index is -0.653. The van der Waals surface area contributed by atoms with Gasteiger partial charge in [-0.1, -0.05) is 214 Å². The molecule has 0 unspecified atom stereocenters. The van der Waals surface area contributed by atoms with Gasteiger partial charge < -0.3 is 28.4 Å². The van der Waals surface area contributed by atoms with Crippen molar-refractivity contribution in [3.05, 3.63) is 315 Å². The summed E-state index contributed by atoms with van der Waals surface area (Å²) >= 11 is 0. The molecule has 90 heavy (non-hydrogen) atoms. The van der Waals surface area contributed by atoms with Crippen LogP contribution >= 0.6 is 0 Å². The summed E-state index contributed by atoms with van der Waals surface area (Å²) in [5.74, 6) is 2.53. The average Bonchev–Trinajstić information content (AvgIpc) is 1.44. The molecule has 3 aromatic heterocycles. The summed E-state index contributed by atoms with van der Waals surface area (Å²) in [6.45, 7) is 7.60. The Bertz CT molecular complexity index is 5560. The summed E-state index contributed by atoms with van der Waals surface area (Å²) in [4.78, 5) is 8.67. The predicted octanol–water partition coefficient (Wildman–Crippen LogP) is 21.8. The Morgan fingerprint density at radius 1 is 0.444 bits per heavy atom. The SMILES string of the molecule is [2H]c1c([2H])c([2H])c(-c2cc(C(C)(C)C)cc(-c3c([2H])c([2H])c([2H])c([2H])c3[2H])c2N2[CH-]N(c3[c-]c(Oc4[c-]c5c(cc4)c4ccccc4n5-c4cc(Oc5c(-c6ccccc6)cc(-n6c7ccccc7c7ccccc76)cc5-c5ccccc5)ccn4)ccc3)c3ccccc32)c([2H])c1[2H].[Pt]. The van der Waals surface area contributed by atoms with Gasteiger partial charge in [0.05, 0.1) is 24.7 Å². The number of para-hydroxylation sites is 5. The van der Waals surface area contributed by atoms with Gasteiger partial charge in [0.15, 0.2) is 0 Å². The molecule has 0 bridgehead atoms. The first kappa shape index (κ1) is 45.5. The van der Waals surface area contributed by atoms with Crippen LogP contribution in [0.1, 0.15) is 40.0 Å². The fourth-order valence-electron chi connectivity index (χ4n) is 12.3. The molecule has 0 aliphatic carbocycles. The number of aromatic nitrogens is 3. The van der Waals surface area contributed by atoms with Crippen molar-refractivity contribution in [3.8, 4) is 79.0 Å². The van der Waals surface area contributed by atoms with Gasteiger partial charge in [0, 0.05) is 106 Å². The maximum Gasteiger partial charge on any atom is 0.143 e. The molecule has 16 rings (SSSR count). The number of fused-ring (bicyclic) bond motifs is 7. The molecular formula is C82H58N5O2Pt-3. The molecule has 0 saturated carbocycles. The molecule has 1 aliphatic heterocycles. The number of rotatable bonds is 12. The van der Waals surface area contributed by atoms with Gasteiger partial charge in [0.25, 0.3) is 0 Å². The molecule has 436 valence electrons. The van der Waals surface area contributed by atoms with E-state index >= 15 is 0 Å². The topological polar surface area (TPSA) is 47.7 Å². The number of benzene rings is 12. The Kier molecular flexibility index (Phi) is 11.7. The smallest absolute Gasteiger partial charge is 0.143 e. The summed E-state index contributed by atoms with van der Waals surface area (Å²) < 4.78 is 108. The van der Waals surface area contributed by atoms with Gasteiger partial charge >= 0.3 is 0 Å². The zero-order chi connectivity index (χ0) is 68.3. The van der Waals surface area contributed by atoms with Gasteiger partial charge in [-0.05, 0) is 99.3 Å². The molecule has 0 N–H and O–H groups in total. The van der Waals surface area contributed by atoms with E-state index in [-0.39, 0.29) is 49.0 Å². The van der Waals surface area contributed by atoms with E-state index in [4.69, 9.17) is 22.7 Å². The molecule has 7 nitrogen and oxygen atoms in total. The first-order valence-electron chi connectivity index (χ1n) is 34.3. The van der Waals surface area contributed by atoms with Crippen LogP contribution in [-0.4, -0.2) is 14.1 Å². The second-order valence-corrected chi connectivity index (χ2v) is 22.9. The second kappa shape index (κ2) is 23.1. The fourth-order valence-corrected chi connectivity index (χ4v) is 12.3. The van der Waals surface area contributed by atoms with Crippen molar-refractivity contribution in [2.45, 2.75) is 26.2 Å². The minimum Gasteiger partial charge on any atom is -0.509 e. The van der Waals surface area contributed by atoms with Gasteiger partial charge in [-0.15, -0.1) is 48.1 Å². The van der Waals surface area contributed by atoms with Crippen molar-refractivity contribution >= 4 is 66.4 Å². The zero-order valence-electron chi connectivity index (χ0n) is 58.9. The summed E-state index contributed by atoms with van der Waals surface area (Å²) in [6, 6.07) is 76.3. The van der Waals surface area contributed by atoms with Crippen LogP contribution in [0, 0.1) is 18.8 Å². The molecule has 15 aromatic rings. The molecule has 0 amide bonds. The Morgan fingerprint density at radius 3 is 1.56 bits per heavy atom. The molecule has 0 spiro atoms. The van der Waals surface area contributed by atoms with Crippen molar-refractivity contribution < 1.29 is 44.2 Å². The normalized spacial score (nSPS) is 13.8. The zero-order valence-corrected chi connectivity index (χ0v) is 51.2. The maximum absolute atomic E-state index is 9.35. The Labute approximate surface area is 552 Å². The minimum absolute atomic E-state index is 0. The Balaban J connectivity index is 0.00000812. The van der Waals surface area contributed by atoms with E-state index in [2.05, 4.69) is 118 Å². The van der Waals surface area contributed by atoms with Crippen molar-refractivity contribution in [1.29, 1.82) is 0 Å². The first-order chi connectivity index (χ1) is 47.9. The van der Waals surface area contributed by atoms with Crippen LogP contribution < -0.4 is 19.3 Å². The van der Waals surface area contributed by atoms with Crippen molar-refractivity contribution in [2.24, 2.45) is 0 Å². The van der Waals surface area contributed by atoms with Gasteiger partial charge in [-0.2, -0.15) is 12.1 Å². The quantitative estimate of drug-likeness (QED) is 0.114. The number of ether oxygens (including phenoxy) is 2. The van der Waals surface area contributed by atoms with E-state index in [1.165, 1.54) is 0 Å². The molecule has 1 aliphatic rings. The Hall–Kier alpha value is -10.7. The van der Waals surface area contributed by atoms with Gasteiger partial charge in [0.2, 0.25) is 0 Å². The molecule has 12 aromatic carbocycles. The third-order valence-electron chi connectivity index (χ3n) is 16.4. The number of hydrogen-bond donors (Lipinski definition) is 0. The molecule has 8 heteroatoms. The van der Waals surface area contributed by atoms with Crippen LogP contribution in [0.4, 0.5) is 22.7 Å². The molecule has 0 saturated heterocycles. The van der Waals surface area contributed by atoms with E-state index < -0.39 is 65.8 Å². The van der Waals surface area contributed by atoms with Crippen LogP contribution in [0.3, 0.4) is 0 Å².